The summed E-state index contributed by atoms with van der Waals surface area (Å²) < 4.78 is 5.51. The van der Waals surface area contributed by atoms with Crippen LogP contribution in [-0.4, -0.2) is 51.0 Å². The van der Waals surface area contributed by atoms with E-state index in [0.29, 0.717) is 26.9 Å². The highest BCUT2D eigenvalue weighted by atomic mass is 32.1. The van der Waals surface area contributed by atoms with E-state index in [0.717, 1.165) is 60.2 Å². The summed E-state index contributed by atoms with van der Waals surface area (Å²) in [6.07, 6.45) is 7.31. The molecule has 4 aromatic rings. The van der Waals surface area contributed by atoms with E-state index in [2.05, 4.69) is 37.1 Å². The van der Waals surface area contributed by atoms with E-state index >= 15 is 0 Å². The monoisotopic (exact) mass is 489 g/mol. The van der Waals surface area contributed by atoms with E-state index in [-0.39, 0.29) is 5.91 Å². The zero-order valence-electron chi connectivity index (χ0n) is 20.2. The van der Waals surface area contributed by atoms with Crippen LogP contribution in [-0.2, 0) is 0 Å². The Morgan fingerprint density at radius 2 is 1.74 bits per heavy atom. The zero-order chi connectivity index (χ0) is 24.5. The number of aryl methyl sites for hydroxylation is 2. The highest BCUT2D eigenvalue weighted by Crippen LogP contribution is 2.34. The Kier molecular flexibility index (Phi) is 6.29. The van der Waals surface area contributed by atoms with Crippen molar-refractivity contribution in [2.75, 3.05) is 30.4 Å². The number of fused-ring (bicyclic) bond motifs is 1. The first-order chi connectivity index (χ1) is 16.9. The molecule has 1 fully saturated rings. The van der Waals surface area contributed by atoms with E-state index in [1.807, 2.05) is 26.0 Å². The van der Waals surface area contributed by atoms with Gasteiger partial charge in [0.05, 0.1) is 25.1 Å². The van der Waals surface area contributed by atoms with E-state index in [1.165, 1.54) is 11.3 Å². The second-order valence-corrected chi connectivity index (χ2v) is 9.87. The van der Waals surface area contributed by atoms with Gasteiger partial charge in [-0.25, -0.2) is 9.97 Å². The molecule has 0 bridgehead atoms. The van der Waals surface area contributed by atoms with Gasteiger partial charge in [-0.05, 0) is 44.7 Å². The van der Waals surface area contributed by atoms with Gasteiger partial charge >= 0.3 is 0 Å². The Labute approximate surface area is 207 Å². The van der Waals surface area contributed by atoms with Gasteiger partial charge in [-0.3, -0.25) is 20.1 Å². The first-order valence-electron chi connectivity index (χ1n) is 11.6. The van der Waals surface area contributed by atoms with Crippen molar-refractivity contribution in [2.45, 2.75) is 33.6 Å². The van der Waals surface area contributed by atoms with Crippen molar-refractivity contribution < 1.29 is 9.53 Å². The van der Waals surface area contributed by atoms with Crippen molar-refractivity contribution in [3.05, 3.63) is 47.7 Å². The van der Waals surface area contributed by atoms with Crippen molar-refractivity contribution in [1.82, 2.24) is 24.9 Å². The number of nitrogens with zero attached hydrogens (tertiary/aromatic N) is 6. The third-order valence-corrected chi connectivity index (χ3v) is 7.09. The molecule has 1 N–H and O–H groups in total. The van der Waals surface area contributed by atoms with Gasteiger partial charge in [0.25, 0.3) is 5.91 Å². The normalized spacial score (nSPS) is 14.3. The summed E-state index contributed by atoms with van der Waals surface area (Å²) in [5, 5.41) is 3.36. The predicted octanol–water partition coefficient (Wildman–Crippen LogP) is 4.66. The number of rotatable bonds is 5. The summed E-state index contributed by atoms with van der Waals surface area (Å²) in [7, 11) is 1.59. The fraction of sp³-hybridized carbons (Fsp3) is 0.360. The number of amides is 1. The maximum absolute atomic E-state index is 13.3. The highest BCUT2D eigenvalue weighted by Gasteiger charge is 2.21. The standard InChI is InChI=1S/C25H27N7O2S/c1-14-5-7-32(8-6-14)21-13-28-22-24(29-21)35-25(30-22)31-23(33)19-11-26-15(2)9-17(19)18-10-16(3)27-12-20(18)34-4/h9-14H,5-8H2,1-4H3,(H,28,30,31,33). The molecule has 1 aliphatic heterocycles. The Bertz CT molecular complexity index is 1400. The average molecular weight is 490 g/mol. The van der Waals surface area contributed by atoms with Crippen LogP contribution in [0, 0.1) is 19.8 Å². The number of piperidine rings is 1. The average Bonchev–Trinajstić information content (AvgIpc) is 3.25. The number of aromatic nitrogens is 5. The summed E-state index contributed by atoms with van der Waals surface area (Å²) in [6, 6.07) is 3.78. The molecule has 1 aliphatic rings. The molecule has 4 aromatic heterocycles. The number of methoxy groups -OCH3 is 1. The second kappa shape index (κ2) is 9.53. The van der Waals surface area contributed by atoms with E-state index < -0.39 is 0 Å². The minimum Gasteiger partial charge on any atom is -0.494 e. The van der Waals surface area contributed by atoms with Gasteiger partial charge in [0, 0.05) is 41.8 Å². The fourth-order valence-corrected chi connectivity index (χ4v) is 4.99. The number of ether oxygens (including phenoxy) is 1. The molecule has 0 atom stereocenters. The molecule has 0 unspecified atom stereocenters. The van der Waals surface area contributed by atoms with Gasteiger partial charge in [-0.2, -0.15) is 4.98 Å². The highest BCUT2D eigenvalue weighted by molar-refractivity contribution is 7.21. The smallest absolute Gasteiger partial charge is 0.259 e. The van der Waals surface area contributed by atoms with Crippen LogP contribution in [0.15, 0.2) is 30.7 Å². The Morgan fingerprint density at radius 3 is 2.49 bits per heavy atom. The molecule has 5 heterocycles. The molecule has 9 nitrogen and oxygen atoms in total. The van der Waals surface area contributed by atoms with Gasteiger partial charge in [0.2, 0.25) is 0 Å². The summed E-state index contributed by atoms with van der Waals surface area (Å²) >= 11 is 1.32. The lowest BCUT2D eigenvalue weighted by molar-refractivity contribution is 0.102. The zero-order valence-corrected chi connectivity index (χ0v) is 21.0. The molecule has 10 heteroatoms. The third kappa shape index (κ3) is 4.79. The third-order valence-electron chi connectivity index (χ3n) is 6.24. The van der Waals surface area contributed by atoms with E-state index in [9.17, 15) is 4.79 Å². The van der Waals surface area contributed by atoms with Crippen LogP contribution in [0.1, 0.15) is 41.5 Å². The molecule has 0 aliphatic carbocycles. The van der Waals surface area contributed by atoms with Crippen molar-refractivity contribution in [1.29, 1.82) is 0 Å². The summed E-state index contributed by atoms with van der Waals surface area (Å²) in [6.45, 7) is 8.02. The van der Waals surface area contributed by atoms with Crippen molar-refractivity contribution in [3.8, 4) is 16.9 Å². The number of hydrogen-bond acceptors (Lipinski definition) is 9. The number of carbonyl (C=O) groups excluding carboxylic acids is 1. The summed E-state index contributed by atoms with van der Waals surface area (Å²) in [5.74, 6) is 1.87. The topological polar surface area (TPSA) is 106 Å². The Balaban J connectivity index is 1.43. The minimum absolute atomic E-state index is 0.312. The molecule has 5 rings (SSSR count). The van der Waals surface area contributed by atoms with E-state index in [1.54, 1.807) is 25.7 Å². The molecule has 1 saturated heterocycles. The largest absolute Gasteiger partial charge is 0.494 e. The van der Waals surface area contributed by atoms with E-state index in [4.69, 9.17) is 9.72 Å². The van der Waals surface area contributed by atoms with Gasteiger partial charge in [0.1, 0.15) is 11.6 Å². The van der Waals surface area contributed by atoms with Crippen LogP contribution in [0.3, 0.4) is 0 Å². The first-order valence-corrected chi connectivity index (χ1v) is 12.4. The molecule has 0 aromatic carbocycles. The van der Waals surface area contributed by atoms with Crippen LogP contribution in [0.5, 0.6) is 5.75 Å². The van der Waals surface area contributed by atoms with Crippen molar-refractivity contribution >= 4 is 38.7 Å². The van der Waals surface area contributed by atoms with Crippen LogP contribution in [0.2, 0.25) is 0 Å². The summed E-state index contributed by atoms with van der Waals surface area (Å²) in [4.78, 5) is 38.7. The quantitative estimate of drug-likeness (QED) is 0.432. The number of carbonyl (C=O) groups is 1. The molecule has 35 heavy (non-hydrogen) atoms. The number of hydrogen-bond donors (Lipinski definition) is 1. The van der Waals surface area contributed by atoms with Crippen molar-refractivity contribution in [3.63, 3.8) is 0 Å². The van der Waals surface area contributed by atoms with Gasteiger partial charge in [0.15, 0.2) is 15.6 Å². The molecular weight excluding hydrogens is 462 g/mol. The minimum atomic E-state index is -0.312. The summed E-state index contributed by atoms with van der Waals surface area (Å²) in [5.41, 5.74) is 4.06. The SMILES string of the molecule is COc1cnc(C)cc1-c1cc(C)ncc1C(=O)Nc1nc2ncc(N3CCC(C)CC3)nc2s1. The molecule has 0 saturated carbocycles. The number of pyridine rings is 2. The molecule has 180 valence electrons. The number of nitrogens with one attached hydrogen (secondary N) is 1. The van der Waals surface area contributed by atoms with Gasteiger partial charge in [-0.15, -0.1) is 0 Å². The van der Waals surface area contributed by atoms with Gasteiger partial charge < -0.3 is 9.64 Å². The van der Waals surface area contributed by atoms with Crippen LogP contribution in [0.4, 0.5) is 10.9 Å². The predicted molar refractivity (Wildman–Crippen MR) is 137 cm³/mol. The molecular formula is C25H27N7O2S. The van der Waals surface area contributed by atoms with Crippen LogP contribution < -0.4 is 15.0 Å². The molecule has 0 radical (unpaired) electrons. The van der Waals surface area contributed by atoms with Gasteiger partial charge in [-0.1, -0.05) is 18.3 Å². The Hall–Kier alpha value is -3.66. The fourth-order valence-electron chi connectivity index (χ4n) is 4.20. The second-order valence-electron chi connectivity index (χ2n) is 8.90. The van der Waals surface area contributed by atoms with Crippen LogP contribution in [0.25, 0.3) is 21.6 Å². The first kappa shape index (κ1) is 23.1. The lowest BCUT2D eigenvalue weighted by Crippen LogP contribution is -2.33. The maximum atomic E-state index is 13.3. The Morgan fingerprint density at radius 1 is 1.03 bits per heavy atom. The van der Waals surface area contributed by atoms with Crippen LogP contribution >= 0.6 is 11.3 Å². The lowest BCUT2D eigenvalue weighted by atomic mass is 9.99. The van der Waals surface area contributed by atoms with Crippen molar-refractivity contribution in [2.24, 2.45) is 5.92 Å². The molecule has 0 spiro atoms. The molecule has 1 amide bonds. The number of thiazole rings is 1. The maximum Gasteiger partial charge on any atom is 0.259 e. The lowest BCUT2D eigenvalue weighted by Gasteiger charge is -2.30. The number of anilines is 2.